The molecule has 2 aliphatic carbocycles. The highest BCUT2D eigenvalue weighted by Gasteiger charge is 2.55. The van der Waals surface area contributed by atoms with Gasteiger partial charge in [0.15, 0.2) is 0 Å². The number of nitrogens with one attached hydrogen (secondary N) is 2. The number of rotatable bonds is 9. The predicted octanol–water partition coefficient (Wildman–Crippen LogP) is 4.28. The van der Waals surface area contributed by atoms with Gasteiger partial charge in [0.05, 0.1) is 24.9 Å². The van der Waals surface area contributed by atoms with Gasteiger partial charge in [-0.15, -0.1) is 0 Å². The van der Waals surface area contributed by atoms with E-state index < -0.39 is 59.5 Å². The third-order valence-corrected chi connectivity index (χ3v) is 9.12. The molecule has 1 aromatic heterocycles. The number of hydrogen-bond donors (Lipinski definition) is 2. The van der Waals surface area contributed by atoms with Crippen LogP contribution in [-0.2, 0) is 14.3 Å². The molecule has 12 heteroatoms. The van der Waals surface area contributed by atoms with E-state index in [-0.39, 0.29) is 24.1 Å². The Balaban J connectivity index is 1.67. The second-order valence-corrected chi connectivity index (χ2v) is 13.0. The highest BCUT2D eigenvalue weighted by molar-refractivity contribution is 5.92. The summed E-state index contributed by atoms with van der Waals surface area (Å²) >= 11 is 0. The topological polar surface area (TPSA) is 114 Å². The molecule has 1 aromatic rings. The number of likely N-dealkylation sites (tertiary alicyclic amines) is 1. The summed E-state index contributed by atoms with van der Waals surface area (Å²) in [6.07, 6.45) is 5.17. The zero-order valence-electron chi connectivity index (χ0n) is 25.0. The summed E-state index contributed by atoms with van der Waals surface area (Å²) in [5, 5.41) is 5.33. The third kappa shape index (κ3) is 7.23. The van der Waals surface area contributed by atoms with E-state index in [1.54, 1.807) is 27.7 Å². The summed E-state index contributed by atoms with van der Waals surface area (Å²) in [6, 6.07) is -5.64. The molecule has 2 N–H and O–H groups in total. The molecule has 9 nitrogen and oxygen atoms in total. The zero-order chi connectivity index (χ0) is 30.7. The van der Waals surface area contributed by atoms with E-state index in [0.29, 0.717) is 19.4 Å². The number of carbonyl (C=O) groups excluding carboxylic acids is 3. The summed E-state index contributed by atoms with van der Waals surface area (Å²) in [4.78, 5) is 49.7. The van der Waals surface area contributed by atoms with Crippen molar-refractivity contribution in [1.82, 2.24) is 25.5 Å². The number of halogens is 3. The van der Waals surface area contributed by atoms with Gasteiger partial charge < -0.3 is 15.0 Å². The summed E-state index contributed by atoms with van der Waals surface area (Å²) < 4.78 is 50.4. The van der Waals surface area contributed by atoms with Crippen molar-refractivity contribution in [3.8, 4) is 0 Å². The Hall–Kier alpha value is -2.76. The van der Waals surface area contributed by atoms with Gasteiger partial charge in [-0.05, 0) is 55.8 Å². The van der Waals surface area contributed by atoms with Gasteiger partial charge in [-0.3, -0.25) is 19.9 Å². The van der Waals surface area contributed by atoms with E-state index in [1.807, 2.05) is 0 Å². The predicted molar refractivity (Wildman–Crippen MR) is 149 cm³/mol. The van der Waals surface area contributed by atoms with E-state index in [9.17, 15) is 14.4 Å². The average molecular weight is 596 g/mol. The minimum absolute atomic E-state index is 0.0618. The minimum Gasteiger partial charge on any atom is -0.464 e. The van der Waals surface area contributed by atoms with Crippen molar-refractivity contribution in [2.45, 2.75) is 109 Å². The standard InChI is InChI=1S/C30H44F3N5O4/c1-5-42-28(41)23-20-13-9-12-19(20)17-38(23)27(40)25(29(2,3)4)37-24(30(31,32)33)22(18-10-7-6-8-11-18)36-26(39)21-16-34-14-15-35-21/h14-16,18-20,22-25,37H,5-13,17H2,1-4H3,(H,36,39)/t19-,20-,22?,23-,24?,25?/m0/s1. The third-order valence-electron chi connectivity index (χ3n) is 9.12. The molecule has 4 rings (SSSR count). The fourth-order valence-corrected chi connectivity index (χ4v) is 7.11. The van der Waals surface area contributed by atoms with E-state index in [4.69, 9.17) is 4.74 Å². The van der Waals surface area contributed by atoms with Gasteiger partial charge in [-0.2, -0.15) is 13.2 Å². The van der Waals surface area contributed by atoms with Gasteiger partial charge >= 0.3 is 12.1 Å². The van der Waals surface area contributed by atoms with Crippen LogP contribution in [0.5, 0.6) is 0 Å². The number of aromatic nitrogens is 2. The van der Waals surface area contributed by atoms with Crippen LogP contribution in [0.2, 0.25) is 0 Å². The van der Waals surface area contributed by atoms with Crippen molar-refractivity contribution in [3.63, 3.8) is 0 Å². The SMILES string of the molecule is CCOC(=O)[C@@H]1[C@H]2CCC[C@H]2CN1C(=O)C(NC(C(NC(=O)c1cnccn1)C1CCCCC1)C(F)(F)F)C(C)(C)C. The molecule has 3 aliphatic rings. The maximum atomic E-state index is 15.0. The van der Waals surface area contributed by atoms with Crippen LogP contribution in [0.15, 0.2) is 18.6 Å². The molecular weight excluding hydrogens is 551 g/mol. The van der Waals surface area contributed by atoms with Crippen molar-refractivity contribution in [2.75, 3.05) is 13.2 Å². The maximum Gasteiger partial charge on any atom is 0.405 e. The summed E-state index contributed by atoms with van der Waals surface area (Å²) in [6.45, 7) is 7.28. The lowest BCUT2D eigenvalue weighted by Gasteiger charge is -2.42. The fourth-order valence-electron chi connectivity index (χ4n) is 7.11. The summed E-state index contributed by atoms with van der Waals surface area (Å²) in [7, 11) is 0. The Kier molecular flexibility index (Phi) is 10.2. The van der Waals surface area contributed by atoms with E-state index in [1.165, 1.54) is 23.5 Å². The normalized spacial score (nSPS) is 25.4. The van der Waals surface area contributed by atoms with Crippen LogP contribution < -0.4 is 10.6 Å². The van der Waals surface area contributed by atoms with Gasteiger partial charge in [-0.25, -0.2) is 9.78 Å². The van der Waals surface area contributed by atoms with Crippen LogP contribution in [0.4, 0.5) is 13.2 Å². The van der Waals surface area contributed by atoms with Gasteiger partial charge in [0.1, 0.15) is 17.8 Å². The van der Waals surface area contributed by atoms with E-state index in [2.05, 4.69) is 20.6 Å². The number of amides is 2. The Morgan fingerprint density at radius 1 is 1.05 bits per heavy atom. The van der Waals surface area contributed by atoms with E-state index in [0.717, 1.165) is 38.5 Å². The van der Waals surface area contributed by atoms with Gasteiger partial charge in [0.2, 0.25) is 5.91 Å². The van der Waals surface area contributed by atoms with E-state index >= 15 is 13.2 Å². The first kappa shape index (κ1) is 32.2. The lowest BCUT2D eigenvalue weighted by Crippen LogP contribution is -2.66. The van der Waals surface area contributed by atoms with Crippen molar-refractivity contribution < 1.29 is 32.3 Å². The molecular formula is C30H44F3N5O4. The molecule has 3 unspecified atom stereocenters. The number of carbonyl (C=O) groups is 3. The monoisotopic (exact) mass is 595 g/mol. The minimum atomic E-state index is -4.79. The second-order valence-electron chi connectivity index (χ2n) is 13.0. The van der Waals surface area contributed by atoms with Crippen LogP contribution in [0, 0.1) is 23.2 Å². The maximum absolute atomic E-state index is 15.0. The first-order valence-electron chi connectivity index (χ1n) is 15.2. The average Bonchev–Trinajstić information content (AvgIpc) is 3.53. The molecule has 0 spiro atoms. The van der Waals surface area contributed by atoms with Crippen molar-refractivity contribution in [2.24, 2.45) is 23.2 Å². The van der Waals surface area contributed by atoms with Gasteiger partial charge in [0.25, 0.3) is 5.91 Å². The quantitative estimate of drug-likeness (QED) is 0.410. The molecule has 42 heavy (non-hydrogen) atoms. The Labute approximate surface area is 245 Å². The highest BCUT2D eigenvalue weighted by atomic mass is 19.4. The zero-order valence-corrected chi connectivity index (χ0v) is 25.0. The Bertz CT molecular complexity index is 1090. The largest absolute Gasteiger partial charge is 0.464 e. The van der Waals surface area contributed by atoms with Crippen molar-refractivity contribution >= 4 is 17.8 Å². The van der Waals surface area contributed by atoms with Crippen LogP contribution in [0.25, 0.3) is 0 Å². The number of fused-ring (bicyclic) bond motifs is 1. The van der Waals surface area contributed by atoms with Gasteiger partial charge in [0, 0.05) is 18.9 Å². The number of esters is 1. The molecule has 2 amide bonds. The lowest BCUT2D eigenvalue weighted by atomic mass is 9.79. The molecule has 0 bridgehead atoms. The van der Waals surface area contributed by atoms with Crippen LogP contribution >= 0.6 is 0 Å². The first-order valence-corrected chi connectivity index (χ1v) is 15.2. The van der Waals surface area contributed by atoms with Crippen LogP contribution in [0.1, 0.15) is 89.5 Å². The van der Waals surface area contributed by atoms with Crippen molar-refractivity contribution in [1.29, 1.82) is 0 Å². The summed E-state index contributed by atoms with van der Waals surface area (Å²) in [5.74, 6) is -2.20. The summed E-state index contributed by atoms with van der Waals surface area (Å²) in [5.41, 5.74) is -1.02. The Morgan fingerprint density at radius 2 is 1.76 bits per heavy atom. The fraction of sp³-hybridized carbons (Fsp3) is 0.767. The first-order chi connectivity index (χ1) is 19.8. The lowest BCUT2D eigenvalue weighted by molar-refractivity contribution is -0.173. The molecule has 0 radical (unpaired) electrons. The molecule has 3 fully saturated rings. The van der Waals surface area contributed by atoms with Crippen LogP contribution in [0.3, 0.4) is 0 Å². The molecule has 6 atom stereocenters. The number of nitrogens with zero attached hydrogens (tertiary/aromatic N) is 3. The number of ether oxygens (including phenoxy) is 1. The molecule has 234 valence electrons. The number of hydrogen-bond acceptors (Lipinski definition) is 7. The molecule has 2 heterocycles. The van der Waals surface area contributed by atoms with Crippen LogP contribution in [-0.4, -0.2) is 76.1 Å². The smallest absolute Gasteiger partial charge is 0.405 e. The highest BCUT2D eigenvalue weighted by Crippen LogP contribution is 2.44. The van der Waals surface area contributed by atoms with Gasteiger partial charge in [-0.1, -0.05) is 46.5 Å². The molecule has 1 aliphatic heterocycles. The molecule has 1 saturated heterocycles. The molecule has 0 aromatic carbocycles. The Morgan fingerprint density at radius 3 is 2.36 bits per heavy atom. The second kappa shape index (κ2) is 13.3. The molecule has 2 saturated carbocycles. The number of alkyl halides is 3. The van der Waals surface area contributed by atoms with Crippen molar-refractivity contribution in [3.05, 3.63) is 24.3 Å².